The molecule has 1 N–H and O–H groups in total. The highest BCUT2D eigenvalue weighted by Gasteiger charge is 2.18. The van der Waals surface area contributed by atoms with Crippen LogP contribution in [0.5, 0.6) is 11.5 Å². The Morgan fingerprint density at radius 1 is 1.03 bits per heavy atom. The number of rotatable bonds is 8. The Balaban J connectivity index is 1.74. The summed E-state index contributed by atoms with van der Waals surface area (Å²) in [5, 5.41) is 3.58. The lowest BCUT2D eigenvalue weighted by Gasteiger charge is -2.15. The highest BCUT2D eigenvalue weighted by Crippen LogP contribution is 2.29. The molecule has 0 amide bonds. The molecule has 0 saturated heterocycles. The topological polar surface area (TPSA) is 78.3 Å². The monoisotopic (exact) mass is 498 g/mol. The van der Waals surface area contributed by atoms with E-state index in [-0.39, 0.29) is 17.7 Å². The fourth-order valence-electron chi connectivity index (χ4n) is 4.06. The van der Waals surface area contributed by atoms with Crippen molar-refractivity contribution in [3.05, 3.63) is 86.7 Å². The normalized spacial score (nSPS) is 11.2. The van der Waals surface area contributed by atoms with Crippen molar-refractivity contribution in [2.45, 2.75) is 26.3 Å². The van der Waals surface area contributed by atoms with Crippen molar-refractivity contribution in [3.8, 4) is 11.5 Å². The number of pyridine rings is 1. The maximum Gasteiger partial charge on any atom is 0.266 e. The molecule has 2 heterocycles. The molecule has 0 radical (unpaired) electrons. The molecule has 0 aliphatic rings. The van der Waals surface area contributed by atoms with E-state index in [0.29, 0.717) is 46.2 Å². The number of benzene rings is 2. The van der Waals surface area contributed by atoms with Gasteiger partial charge in [-0.2, -0.15) is 0 Å². The molecule has 2 aromatic heterocycles. The molecular weight excluding hydrogens is 473 g/mol. The molecule has 0 fully saturated rings. The molecule has 0 unspecified atom stereocenters. The molecule has 7 nitrogen and oxygen atoms in total. The number of alkyl halides is 2. The first kappa shape index (κ1) is 25.0. The highest BCUT2D eigenvalue weighted by molar-refractivity contribution is 5.87. The van der Waals surface area contributed by atoms with Crippen molar-refractivity contribution in [2.75, 3.05) is 19.5 Å². The minimum absolute atomic E-state index is 0.0765. The number of aryl methyl sites for hydroxylation is 2. The SMILES string of the molecule is COc1ccc(Cc2cc3c(NCc4cccc(C(F)F)c4F)nc(C)nc3n(C)c2=O)cc1OC. The van der Waals surface area contributed by atoms with Crippen molar-refractivity contribution in [1.82, 2.24) is 14.5 Å². The Labute approximate surface area is 205 Å². The van der Waals surface area contributed by atoms with Gasteiger partial charge in [-0.1, -0.05) is 24.3 Å². The van der Waals surface area contributed by atoms with E-state index < -0.39 is 17.8 Å². The molecular formula is C26H25F3N4O3. The summed E-state index contributed by atoms with van der Waals surface area (Å²) in [4.78, 5) is 22.0. The zero-order valence-corrected chi connectivity index (χ0v) is 20.2. The Bertz CT molecular complexity index is 1490. The van der Waals surface area contributed by atoms with Crippen LogP contribution in [0.2, 0.25) is 0 Å². The maximum absolute atomic E-state index is 14.5. The summed E-state index contributed by atoms with van der Waals surface area (Å²) >= 11 is 0. The van der Waals surface area contributed by atoms with Crippen LogP contribution in [0.1, 0.15) is 34.5 Å². The first-order chi connectivity index (χ1) is 17.2. The molecule has 36 heavy (non-hydrogen) atoms. The smallest absolute Gasteiger partial charge is 0.266 e. The Hall–Kier alpha value is -4.08. The third-order valence-electron chi connectivity index (χ3n) is 5.89. The van der Waals surface area contributed by atoms with E-state index in [2.05, 4.69) is 15.3 Å². The van der Waals surface area contributed by atoms with E-state index in [1.807, 2.05) is 6.07 Å². The number of nitrogens with zero attached hydrogens (tertiary/aromatic N) is 3. The van der Waals surface area contributed by atoms with Crippen molar-refractivity contribution in [3.63, 3.8) is 0 Å². The fourth-order valence-corrected chi connectivity index (χ4v) is 4.06. The van der Waals surface area contributed by atoms with Crippen molar-refractivity contribution >= 4 is 16.9 Å². The summed E-state index contributed by atoms with van der Waals surface area (Å²) in [6, 6.07) is 11.0. The lowest BCUT2D eigenvalue weighted by atomic mass is 10.0. The minimum atomic E-state index is -2.92. The van der Waals surface area contributed by atoms with Gasteiger partial charge in [-0.05, 0) is 30.7 Å². The summed E-state index contributed by atoms with van der Waals surface area (Å²) in [7, 11) is 4.70. The minimum Gasteiger partial charge on any atom is -0.493 e. The van der Waals surface area contributed by atoms with Gasteiger partial charge in [0.2, 0.25) is 0 Å². The largest absolute Gasteiger partial charge is 0.493 e. The third kappa shape index (κ3) is 4.84. The molecule has 188 valence electrons. The summed E-state index contributed by atoms with van der Waals surface area (Å²) in [5.41, 5.74) is 0.909. The number of hydrogen-bond acceptors (Lipinski definition) is 6. The van der Waals surface area contributed by atoms with Crippen molar-refractivity contribution < 1.29 is 22.6 Å². The molecule has 0 saturated carbocycles. The van der Waals surface area contributed by atoms with Gasteiger partial charge in [0.15, 0.2) is 11.5 Å². The molecule has 0 aliphatic carbocycles. The Morgan fingerprint density at radius 3 is 2.47 bits per heavy atom. The van der Waals surface area contributed by atoms with Crippen LogP contribution in [-0.4, -0.2) is 28.8 Å². The van der Waals surface area contributed by atoms with E-state index in [9.17, 15) is 18.0 Å². The standard InChI is InChI=1S/C26H25F3N4O3/c1-14-31-24(30-13-16-6-5-7-18(22(16)27)23(28)29)19-12-17(26(34)33(2)25(19)32-14)10-15-8-9-20(35-3)21(11-15)36-4/h5-9,11-12,23H,10,13H2,1-4H3,(H,30,31,32). The van der Waals surface area contributed by atoms with Crippen LogP contribution in [-0.2, 0) is 20.0 Å². The second kappa shape index (κ2) is 10.3. The van der Waals surface area contributed by atoms with Gasteiger partial charge in [-0.25, -0.2) is 23.1 Å². The number of fused-ring (bicyclic) bond motifs is 1. The quantitative estimate of drug-likeness (QED) is 0.371. The number of nitrogens with one attached hydrogen (secondary N) is 1. The van der Waals surface area contributed by atoms with Crippen LogP contribution >= 0.6 is 0 Å². The van der Waals surface area contributed by atoms with Crippen LogP contribution in [0, 0.1) is 12.7 Å². The first-order valence-electron chi connectivity index (χ1n) is 11.1. The number of methoxy groups -OCH3 is 2. The van der Waals surface area contributed by atoms with E-state index in [0.717, 1.165) is 11.6 Å². The van der Waals surface area contributed by atoms with Gasteiger partial charge in [0.25, 0.3) is 12.0 Å². The van der Waals surface area contributed by atoms with E-state index in [1.54, 1.807) is 39.3 Å². The zero-order chi connectivity index (χ0) is 26.0. The highest BCUT2D eigenvalue weighted by atomic mass is 19.3. The predicted molar refractivity (Wildman–Crippen MR) is 131 cm³/mol. The Morgan fingerprint density at radius 2 is 1.78 bits per heavy atom. The lowest BCUT2D eigenvalue weighted by Crippen LogP contribution is -2.23. The lowest BCUT2D eigenvalue weighted by molar-refractivity contribution is 0.146. The molecule has 0 aliphatic heterocycles. The average molecular weight is 499 g/mol. The van der Waals surface area contributed by atoms with Crippen LogP contribution in [0.25, 0.3) is 11.0 Å². The van der Waals surface area contributed by atoms with Gasteiger partial charge < -0.3 is 14.8 Å². The number of anilines is 1. The third-order valence-corrected chi connectivity index (χ3v) is 5.89. The summed E-state index contributed by atoms with van der Waals surface area (Å²) in [6.45, 7) is 1.59. The van der Waals surface area contributed by atoms with Gasteiger partial charge in [-0.3, -0.25) is 9.36 Å². The number of aromatic nitrogens is 3. The number of ether oxygens (including phenoxy) is 2. The second-order valence-electron chi connectivity index (χ2n) is 8.23. The zero-order valence-electron chi connectivity index (χ0n) is 20.2. The first-order valence-corrected chi connectivity index (χ1v) is 11.1. The maximum atomic E-state index is 14.5. The molecule has 0 spiro atoms. The van der Waals surface area contributed by atoms with E-state index >= 15 is 0 Å². The molecule has 2 aromatic carbocycles. The molecule has 4 rings (SSSR count). The van der Waals surface area contributed by atoms with Gasteiger partial charge >= 0.3 is 0 Å². The Kier molecular flexibility index (Phi) is 7.14. The molecule has 4 aromatic rings. The average Bonchev–Trinajstić information content (AvgIpc) is 2.86. The number of hydrogen-bond donors (Lipinski definition) is 1. The van der Waals surface area contributed by atoms with E-state index in [1.165, 1.54) is 23.8 Å². The predicted octanol–water partition coefficient (Wildman–Crippen LogP) is 4.93. The van der Waals surface area contributed by atoms with E-state index in [4.69, 9.17) is 9.47 Å². The second-order valence-corrected chi connectivity index (χ2v) is 8.23. The van der Waals surface area contributed by atoms with Gasteiger partial charge in [0.1, 0.15) is 23.1 Å². The fraction of sp³-hybridized carbons (Fsp3) is 0.269. The van der Waals surface area contributed by atoms with Crippen LogP contribution in [0.15, 0.2) is 47.3 Å². The molecule has 0 atom stereocenters. The van der Waals surface area contributed by atoms with Crippen LogP contribution in [0.4, 0.5) is 19.0 Å². The van der Waals surface area contributed by atoms with Crippen molar-refractivity contribution in [1.29, 1.82) is 0 Å². The van der Waals surface area contributed by atoms with Crippen LogP contribution < -0.4 is 20.3 Å². The molecule has 10 heteroatoms. The molecule has 0 bridgehead atoms. The van der Waals surface area contributed by atoms with Gasteiger partial charge in [0.05, 0.1) is 25.2 Å². The summed E-state index contributed by atoms with van der Waals surface area (Å²) < 4.78 is 52.8. The van der Waals surface area contributed by atoms with Crippen LogP contribution in [0.3, 0.4) is 0 Å². The number of halogens is 3. The van der Waals surface area contributed by atoms with Gasteiger partial charge in [-0.15, -0.1) is 0 Å². The summed E-state index contributed by atoms with van der Waals surface area (Å²) in [5.74, 6) is 0.919. The van der Waals surface area contributed by atoms with Gasteiger partial charge in [0, 0.05) is 31.1 Å². The summed E-state index contributed by atoms with van der Waals surface area (Å²) in [6.07, 6.45) is -2.61. The van der Waals surface area contributed by atoms with Crippen molar-refractivity contribution in [2.24, 2.45) is 7.05 Å².